The Morgan fingerprint density at radius 3 is 2.38 bits per heavy atom. The Hall–Kier alpha value is -1.37. The minimum absolute atomic E-state index is 0.819. The Bertz CT molecular complexity index is 322. The van der Waals surface area contributed by atoms with E-state index in [-0.39, 0.29) is 0 Å². The Morgan fingerprint density at radius 1 is 1.06 bits per heavy atom. The van der Waals surface area contributed by atoms with Crippen LogP contribution in [0.15, 0.2) is 36.4 Å². The van der Waals surface area contributed by atoms with Gasteiger partial charge in [0.05, 0.1) is 0 Å². The van der Waals surface area contributed by atoms with Crippen LogP contribution in [-0.4, -0.2) is 6.29 Å². The molecule has 0 radical (unpaired) electrons. The minimum atomic E-state index is 0.819. The molecule has 0 saturated carbocycles. The third-order valence-corrected chi connectivity index (χ3v) is 2.66. The third kappa shape index (κ3) is 4.92. The summed E-state index contributed by atoms with van der Waals surface area (Å²) in [5.41, 5.74) is 2.67. The first kappa shape index (κ1) is 12.7. The number of rotatable bonds is 7. The molecule has 1 rings (SSSR count). The molecule has 0 amide bonds. The lowest BCUT2D eigenvalue weighted by molar-refractivity contribution is -0.104. The predicted molar refractivity (Wildman–Crippen MR) is 68.6 cm³/mol. The standard InChI is InChI=1S/C15H20O/c1-2-3-4-7-14-9-11-15(12-10-14)8-5-6-13-16/h5-6,9-13H,2-4,7-8H2,1H3. The molecule has 0 aromatic heterocycles. The smallest absolute Gasteiger partial charge is 0.142 e. The van der Waals surface area contributed by atoms with Crippen LogP contribution in [0.25, 0.3) is 0 Å². The molecule has 86 valence electrons. The van der Waals surface area contributed by atoms with Gasteiger partial charge in [-0.05, 0) is 36.5 Å². The van der Waals surface area contributed by atoms with E-state index in [2.05, 4.69) is 31.2 Å². The van der Waals surface area contributed by atoms with Crippen molar-refractivity contribution in [1.29, 1.82) is 0 Å². The van der Waals surface area contributed by atoms with Crippen LogP contribution in [0.3, 0.4) is 0 Å². The van der Waals surface area contributed by atoms with Crippen LogP contribution in [0.2, 0.25) is 0 Å². The molecule has 0 aliphatic heterocycles. The van der Waals surface area contributed by atoms with E-state index in [9.17, 15) is 4.79 Å². The van der Waals surface area contributed by atoms with Crippen molar-refractivity contribution < 1.29 is 4.79 Å². The summed E-state index contributed by atoms with van der Waals surface area (Å²) in [7, 11) is 0. The van der Waals surface area contributed by atoms with E-state index in [1.165, 1.54) is 36.8 Å². The fourth-order valence-electron chi connectivity index (χ4n) is 1.68. The quantitative estimate of drug-likeness (QED) is 0.386. The fourth-order valence-corrected chi connectivity index (χ4v) is 1.68. The number of carbonyl (C=O) groups is 1. The number of carbonyl (C=O) groups excluding carboxylic acids is 1. The second-order valence-corrected chi connectivity index (χ2v) is 4.04. The first-order chi connectivity index (χ1) is 7.86. The largest absolute Gasteiger partial charge is 0.299 e. The third-order valence-electron chi connectivity index (χ3n) is 2.66. The van der Waals surface area contributed by atoms with Gasteiger partial charge in [-0.15, -0.1) is 0 Å². The van der Waals surface area contributed by atoms with Gasteiger partial charge >= 0.3 is 0 Å². The highest BCUT2D eigenvalue weighted by atomic mass is 16.1. The van der Waals surface area contributed by atoms with Crippen molar-refractivity contribution in [2.45, 2.75) is 39.0 Å². The molecular weight excluding hydrogens is 196 g/mol. The van der Waals surface area contributed by atoms with Gasteiger partial charge in [0.25, 0.3) is 0 Å². The number of hydrogen-bond donors (Lipinski definition) is 0. The van der Waals surface area contributed by atoms with Crippen LogP contribution in [0, 0.1) is 0 Å². The van der Waals surface area contributed by atoms with Gasteiger partial charge in [-0.1, -0.05) is 50.1 Å². The molecule has 0 bridgehead atoms. The number of aryl methyl sites for hydroxylation is 1. The van der Waals surface area contributed by atoms with Crippen molar-refractivity contribution in [3.05, 3.63) is 47.5 Å². The van der Waals surface area contributed by atoms with Crippen LogP contribution in [0.4, 0.5) is 0 Å². The zero-order valence-corrected chi connectivity index (χ0v) is 9.99. The summed E-state index contributed by atoms with van der Waals surface area (Å²) in [6, 6.07) is 8.69. The molecule has 0 unspecified atom stereocenters. The summed E-state index contributed by atoms with van der Waals surface area (Å²) in [4.78, 5) is 10.1. The number of benzene rings is 1. The second-order valence-electron chi connectivity index (χ2n) is 4.04. The molecule has 0 heterocycles. The molecule has 0 fully saturated rings. The van der Waals surface area contributed by atoms with E-state index < -0.39 is 0 Å². The van der Waals surface area contributed by atoms with Gasteiger partial charge < -0.3 is 0 Å². The first-order valence-electron chi connectivity index (χ1n) is 6.05. The molecule has 1 heteroatoms. The highest BCUT2D eigenvalue weighted by Gasteiger charge is 1.94. The van der Waals surface area contributed by atoms with Crippen molar-refractivity contribution >= 4 is 6.29 Å². The maximum Gasteiger partial charge on any atom is 0.142 e. The molecule has 0 aliphatic carbocycles. The van der Waals surface area contributed by atoms with Crippen LogP contribution < -0.4 is 0 Å². The lowest BCUT2D eigenvalue weighted by atomic mass is 10.0. The van der Waals surface area contributed by atoms with Crippen molar-refractivity contribution in [3.8, 4) is 0 Å². The van der Waals surface area contributed by atoms with Gasteiger partial charge in [0.1, 0.15) is 6.29 Å². The maximum absolute atomic E-state index is 10.1. The average Bonchev–Trinajstić information content (AvgIpc) is 2.32. The molecule has 0 N–H and O–H groups in total. The van der Waals surface area contributed by atoms with Crippen LogP contribution >= 0.6 is 0 Å². The fraction of sp³-hybridized carbons (Fsp3) is 0.400. The molecule has 1 aromatic rings. The van der Waals surface area contributed by atoms with Crippen LogP contribution in [0.5, 0.6) is 0 Å². The van der Waals surface area contributed by atoms with Gasteiger partial charge in [-0.3, -0.25) is 4.79 Å². The zero-order chi connectivity index (χ0) is 11.6. The van der Waals surface area contributed by atoms with Crippen LogP contribution in [0.1, 0.15) is 37.3 Å². The molecule has 0 spiro atoms. The summed E-state index contributed by atoms with van der Waals surface area (Å²) in [6.07, 6.45) is 10.1. The van der Waals surface area contributed by atoms with Crippen molar-refractivity contribution in [2.75, 3.05) is 0 Å². The van der Waals surface area contributed by atoms with E-state index in [0.29, 0.717) is 0 Å². The molecule has 1 nitrogen and oxygen atoms in total. The SMILES string of the molecule is CCCCCc1ccc(CC=CC=O)cc1. The van der Waals surface area contributed by atoms with E-state index in [4.69, 9.17) is 0 Å². The normalized spacial score (nSPS) is 10.8. The Kier molecular flexibility index (Phi) is 6.24. The predicted octanol–water partition coefficient (Wildman–Crippen LogP) is 3.72. The highest BCUT2D eigenvalue weighted by molar-refractivity contribution is 5.64. The summed E-state index contributed by atoms with van der Waals surface area (Å²) >= 11 is 0. The van der Waals surface area contributed by atoms with E-state index >= 15 is 0 Å². The van der Waals surface area contributed by atoms with E-state index in [0.717, 1.165) is 12.7 Å². The van der Waals surface area contributed by atoms with E-state index in [1.807, 2.05) is 6.08 Å². The summed E-state index contributed by atoms with van der Waals surface area (Å²) in [5, 5.41) is 0. The molecule has 16 heavy (non-hydrogen) atoms. The number of hydrogen-bond acceptors (Lipinski definition) is 1. The average molecular weight is 216 g/mol. The first-order valence-corrected chi connectivity index (χ1v) is 6.05. The second kappa shape index (κ2) is 7.86. The minimum Gasteiger partial charge on any atom is -0.299 e. The number of allylic oxidation sites excluding steroid dienone is 2. The van der Waals surface area contributed by atoms with E-state index in [1.54, 1.807) is 6.08 Å². The monoisotopic (exact) mass is 216 g/mol. The van der Waals surface area contributed by atoms with Crippen molar-refractivity contribution in [2.24, 2.45) is 0 Å². The van der Waals surface area contributed by atoms with Gasteiger partial charge in [-0.2, -0.15) is 0 Å². The summed E-state index contributed by atoms with van der Waals surface area (Å²) < 4.78 is 0. The zero-order valence-electron chi connectivity index (χ0n) is 9.99. The maximum atomic E-state index is 10.1. The van der Waals surface area contributed by atoms with Gasteiger partial charge in [-0.25, -0.2) is 0 Å². The lowest BCUT2D eigenvalue weighted by Crippen LogP contribution is -1.87. The topological polar surface area (TPSA) is 17.1 Å². The molecule has 0 atom stereocenters. The van der Waals surface area contributed by atoms with Gasteiger partial charge in [0.2, 0.25) is 0 Å². The number of aldehydes is 1. The summed E-state index contributed by atoms with van der Waals surface area (Å²) in [5.74, 6) is 0. The Balaban J connectivity index is 2.41. The Morgan fingerprint density at radius 2 is 1.75 bits per heavy atom. The van der Waals surface area contributed by atoms with Crippen molar-refractivity contribution in [1.82, 2.24) is 0 Å². The molecule has 0 aliphatic rings. The lowest BCUT2D eigenvalue weighted by Gasteiger charge is -2.02. The molecular formula is C15H20O. The molecule has 1 aromatic carbocycles. The summed E-state index contributed by atoms with van der Waals surface area (Å²) in [6.45, 7) is 2.22. The highest BCUT2D eigenvalue weighted by Crippen LogP contribution is 2.09. The van der Waals surface area contributed by atoms with Gasteiger partial charge in [0.15, 0.2) is 0 Å². The molecule has 0 saturated heterocycles. The number of unbranched alkanes of at least 4 members (excludes halogenated alkanes) is 2. The van der Waals surface area contributed by atoms with Gasteiger partial charge in [0, 0.05) is 0 Å². The van der Waals surface area contributed by atoms with Crippen molar-refractivity contribution in [3.63, 3.8) is 0 Å². The van der Waals surface area contributed by atoms with Crippen LogP contribution in [-0.2, 0) is 17.6 Å². The Labute approximate surface area is 98.2 Å².